The summed E-state index contributed by atoms with van der Waals surface area (Å²) in [5.41, 5.74) is 0.284. The highest BCUT2D eigenvalue weighted by Crippen LogP contribution is 2.78. The van der Waals surface area contributed by atoms with Gasteiger partial charge in [-0.1, -0.05) is 23.6 Å². The Kier molecular flexibility index (Phi) is 12.7. The quantitative estimate of drug-likeness (QED) is 0.0809. The molecule has 2 fully saturated rings. The Morgan fingerprint density at radius 3 is 2.28 bits per heavy atom. The number of halogens is 2. The summed E-state index contributed by atoms with van der Waals surface area (Å²) in [4.78, 5) is 18.4. The number of hydrogen-bond donors (Lipinski definition) is 10. The summed E-state index contributed by atoms with van der Waals surface area (Å²) in [6.07, 6.45) is 4.15. The average molecular weight is 871 g/mol. The van der Waals surface area contributed by atoms with Gasteiger partial charge in [0, 0.05) is 18.3 Å². The van der Waals surface area contributed by atoms with Gasteiger partial charge in [-0.15, -0.1) is 10.2 Å². The molecule has 1 amide bonds. The maximum absolute atomic E-state index is 15.1. The maximum atomic E-state index is 15.1. The summed E-state index contributed by atoms with van der Waals surface area (Å²) in [7, 11) is 2.02. The zero-order chi connectivity index (χ0) is 36.7. The number of hydrogen-bond acceptors (Lipinski definition) is 17. The molecule has 1 saturated carbocycles. The van der Waals surface area contributed by atoms with Crippen LogP contribution in [-0.2, 0) is 11.3 Å². The number of carbonyl (C=O) groups excluding carboxylic acids is 1. The van der Waals surface area contributed by atoms with E-state index < -0.39 is 43.9 Å². The smallest absolute Gasteiger partial charge is 0.408 e. The molecule has 50 heavy (non-hydrogen) atoms. The molecule has 0 bridgehead atoms. The van der Waals surface area contributed by atoms with Crippen LogP contribution in [0.1, 0.15) is 24.2 Å². The number of benzene rings is 1. The van der Waals surface area contributed by atoms with E-state index in [1.54, 1.807) is 29.1 Å². The number of ether oxygens (including phenoxy) is 2. The van der Waals surface area contributed by atoms with Gasteiger partial charge in [0.1, 0.15) is 32.8 Å². The third-order valence-electron chi connectivity index (χ3n) is 8.16. The number of carbonyl (C=O) groups is 1. The second kappa shape index (κ2) is 15.7. The molecule has 0 atom stereocenters. The Balaban J connectivity index is 1.32. The molecular formula is C29H32F2N6O3S10. The van der Waals surface area contributed by atoms with Gasteiger partial charge >= 0.3 is 6.09 Å². The molecule has 1 aromatic carbocycles. The Labute approximate surface area is 342 Å². The molecule has 2 aliphatic rings. The van der Waals surface area contributed by atoms with Crippen molar-refractivity contribution in [1.82, 2.24) is 30.0 Å². The van der Waals surface area contributed by atoms with Crippen LogP contribution in [0.3, 0.4) is 0 Å². The van der Waals surface area contributed by atoms with Crippen molar-refractivity contribution in [2.75, 3.05) is 26.7 Å². The van der Waals surface area contributed by atoms with Gasteiger partial charge in [-0.25, -0.2) is 13.6 Å². The van der Waals surface area contributed by atoms with Crippen LogP contribution in [0.25, 0.3) is 5.69 Å². The lowest BCUT2D eigenvalue weighted by Gasteiger charge is -2.43. The monoisotopic (exact) mass is 870 g/mol. The number of aromatic nitrogens is 4. The molecule has 0 spiro atoms. The van der Waals surface area contributed by atoms with Crippen LogP contribution in [0.15, 0.2) is 41.8 Å². The number of alkyl carbamates (subject to hydrolysis) is 1. The fourth-order valence-corrected chi connectivity index (χ4v) is 11.9. The molecule has 270 valence electrons. The van der Waals surface area contributed by atoms with E-state index in [1.807, 2.05) is 7.05 Å². The van der Waals surface area contributed by atoms with Gasteiger partial charge in [-0.05, 0) is 51.2 Å². The molecule has 0 radical (unpaired) electrons. The normalized spacial score (nSPS) is 20.5. The van der Waals surface area contributed by atoms with Crippen LogP contribution < -0.4 is 10.1 Å². The Morgan fingerprint density at radius 1 is 1.00 bits per heavy atom. The van der Waals surface area contributed by atoms with E-state index >= 15 is 4.39 Å². The van der Waals surface area contributed by atoms with Gasteiger partial charge in [0.25, 0.3) is 0 Å². The van der Waals surface area contributed by atoms with Crippen molar-refractivity contribution in [3.05, 3.63) is 59.7 Å². The van der Waals surface area contributed by atoms with E-state index in [-0.39, 0.29) is 35.8 Å². The molecule has 1 saturated heterocycles. The Morgan fingerprint density at radius 2 is 1.66 bits per heavy atom. The van der Waals surface area contributed by atoms with Crippen molar-refractivity contribution in [1.29, 1.82) is 0 Å². The first-order valence-corrected chi connectivity index (χ1v) is 19.5. The van der Waals surface area contributed by atoms with E-state index in [0.29, 0.717) is 5.69 Å². The van der Waals surface area contributed by atoms with E-state index in [2.05, 4.69) is 87.8 Å². The molecule has 9 nitrogen and oxygen atoms in total. The molecule has 1 aliphatic heterocycles. The highest BCUT2D eigenvalue weighted by molar-refractivity contribution is 8.21. The van der Waals surface area contributed by atoms with E-state index in [0.717, 1.165) is 49.8 Å². The maximum Gasteiger partial charge on any atom is 0.408 e. The highest BCUT2D eigenvalue weighted by Gasteiger charge is 2.81. The number of thioether (sulfide) groups is 1. The first-order valence-electron chi connectivity index (χ1n) is 14.6. The number of nitrogens with one attached hydrogen (secondary N) is 1. The summed E-state index contributed by atoms with van der Waals surface area (Å²) in [5.74, 6) is 3.13. The second-order valence-electron chi connectivity index (χ2n) is 11.5. The van der Waals surface area contributed by atoms with Gasteiger partial charge in [0.05, 0.1) is 17.4 Å². The highest BCUT2D eigenvalue weighted by atomic mass is 32.2. The van der Waals surface area contributed by atoms with E-state index in [9.17, 15) is 9.18 Å². The van der Waals surface area contributed by atoms with Gasteiger partial charge < -0.3 is 19.7 Å². The molecular weight excluding hydrogens is 839 g/mol. The fourth-order valence-electron chi connectivity index (χ4n) is 5.15. The van der Waals surface area contributed by atoms with Crippen LogP contribution in [0.4, 0.5) is 13.6 Å². The van der Waals surface area contributed by atoms with Crippen molar-refractivity contribution in [2.24, 2.45) is 0 Å². The number of rotatable bonds is 8. The molecule has 5 rings (SSSR count). The first kappa shape index (κ1) is 40.6. The lowest BCUT2D eigenvalue weighted by atomic mass is 10.1. The lowest BCUT2D eigenvalue weighted by Crippen LogP contribution is -2.49. The minimum absolute atomic E-state index is 0.0187. The predicted octanol–water partition coefficient (Wildman–Crippen LogP) is 5.65. The Hall–Kier alpha value is -0.540. The second-order valence-corrected chi connectivity index (χ2v) is 20.5. The fraction of sp³-hybridized carbons (Fsp3) is 0.448. The van der Waals surface area contributed by atoms with Crippen LogP contribution >= 0.6 is 125 Å². The van der Waals surface area contributed by atoms with E-state index in [4.69, 9.17) is 72.6 Å². The number of pyridine rings is 1. The molecule has 2 aromatic heterocycles. The summed E-state index contributed by atoms with van der Waals surface area (Å²) in [6, 6.07) is 5.23. The molecule has 21 heteroatoms. The standard InChI is InChI=1S/C29H32F2N6O3S10/c1-36-9-6-17(7-10-36)33-24(38)39-11-3-4-16-12-20(31)21(13-19(16)30)40-15-22-34-35-23(37(22)18-5-2-8-32-14-18)50-29(49)27(45,46)25(41,42)26(43,44)28(29,47)48/h2,5,8,12-14,17,41-49H,6-7,9-11,15H2,1H3,(H,33,38). The first-order chi connectivity index (χ1) is 23.3. The van der Waals surface area contributed by atoms with Crippen molar-refractivity contribution >= 4 is 132 Å². The third kappa shape index (κ3) is 7.55. The zero-order valence-electron chi connectivity index (χ0n) is 25.9. The molecule has 1 aliphatic carbocycles. The topological polar surface area (TPSA) is 94.4 Å². The zero-order valence-corrected chi connectivity index (χ0v) is 34.8. The summed E-state index contributed by atoms with van der Waals surface area (Å²) >= 11 is 43.9. The van der Waals surface area contributed by atoms with Crippen LogP contribution in [0.5, 0.6) is 5.75 Å². The minimum Gasteiger partial charge on any atom is -0.482 e. The van der Waals surface area contributed by atoms with Crippen molar-refractivity contribution in [3.8, 4) is 23.3 Å². The third-order valence-corrected chi connectivity index (χ3v) is 19.3. The van der Waals surface area contributed by atoms with Crippen molar-refractivity contribution < 1.29 is 23.0 Å². The average Bonchev–Trinajstić information content (AvgIpc) is 3.47. The molecule has 1 N–H and O–H groups in total. The lowest BCUT2D eigenvalue weighted by molar-refractivity contribution is 0.147. The van der Waals surface area contributed by atoms with Gasteiger partial charge in [-0.3, -0.25) is 9.55 Å². The molecule has 0 unspecified atom stereocenters. The van der Waals surface area contributed by atoms with Gasteiger partial charge in [-0.2, -0.15) is 114 Å². The molecule has 3 heterocycles. The van der Waals surface area contributed by atoms with Crippen LogP contribution in [-0.4, -0.2) is 83.9 Å². The van der Waals surface area contributed by atoms with Crippen molar-refractivity contribution in [2.45, 2.75) is 51.0 Å². The molecule has 3 aromatic rings. The predicted molar refractivity (Wildman–Crippen MR) is 222 cm³/mol. The summed E-state index contributed by atoms with van der Waals surface area (Å²) in [5, 5.41) is 11.6. The number of amides is 1. The number of piperidine rings is 1. The van der Waals surface area contributed by atoms with Gasteiger partial charge in [0.2, 0.25) is 0 Å². The van der Waals surface area contributed by atoms with E-state index in [1.165, 1.54) is 0 Å². The Bertz CT molecular complexity index is 1770. The van der Waals surface area contributed by atoms with Gasteiger partial charge in [0.15, 0.2) is 29.2 Å². The summed E-state index contributed by atoms with van der Waals surface area (Å²) in [6.45, 7) is 1.11. The number of thiol groups is 9. The number of nitrogens with zero attached hydrogens (tertiary/aromatic N) is 5. The summed E-state index contributed by atoms with van der Waals surface area (Å²) < 4.78 is 35.3. The van der Waals surface area contributed by atoms with Crippen molar-refractivity contribution in [3.63, 3.8) is 0 Å². The minimum atomic E-state index is -1.45. The number of likely N-dealkylation sites (tertiary alicyclic amines) is 1. The van der Waals surface area contributed by atoms with Crippen LogP contribution in [0, 0.1) is 23.5 Å². The largest absolute Gasteiger partial charge is 0.482 e. The van der Waals surface area contributed by atoms with Crippen LogP contribution in [0.2, 0.25) is 0 Å². The SMILES string of the molecule is CN1CCC(NC(=O)OCC#Cc2cc(F)c(OCc3nnc(SC4(S)C(S)(S)C(S)(S)C(S)(S)C4(S)S)n3-c3cccnc3)cc2F)CC1.